The van der Waals surface area contributed by atoms with Crippen LogP contribution in [0, 0.1) is 2.88 Å². The van der Waals surface area contributed by atoms with Crippen molar-refractivity contribution in [2.75, 3.05) is 0 Å². The van der Waals surface area contributed by atoms with Crippen LogP contribution in [0.1, 0.15) is 27.5 Å². The number of halogens is 1. The summed E-state index contributed by atoms with van der Waals surface area (Å²) in [6.07, 6.45) is 0.0570. The van der Waals surface area contributed by atoms with E-state index in [0.717, 1.165) is 14.0 Å². The third kappa shape index (κ3) is 2.54. The molecule has 1 heterocycles. The second-order valence-electron chi connectivity index (χ2n) is 4.56. The molecule has 2 unspecified atom stereocenters. The third-order valence-corrected chi connectivity index (χ3v) is 5.11. The first kappa shape index (κ1) is 13.1. The van der Waals surface area contributed by atoms with E-state index in [1.165, 1.54) is 0 Å². The monoisotopic (exact) mass is 385 g/mol. The standard InChI is InChI=1S/C14H12INO2S/c15-12-6-9(7-19-12)14(18)16-13-10-4-2-1-3-8(10)5-11(13)17/h1-4,6-7,11,13,17H,5H2,(H,16,18). The van der Waals surface area contributed by atoms with Crippen LogP contribution in [-0.4, -0.2) is 17.1 Å². The van der Waals surface area contributed by atoms with Crippen molar-refractivity contribution in [1.29, 1.82) is 0 Å². The number of nitrogens with one attached hydrogen (secondary N) is 1. The van der Waals surface area contributed by atoms with Gasteiger partial charge in [0.1, 0.15) is 0 Å². The van der Waals surface area contributed by atoms with Crippen molar-refractivity contribution in [2.45, 2.75) is 18.6 Å². The van der Waals surface area contributed by atoms with E-state index in [-0.39, 0.29) is 11.9 Å². The quantitative estimate of drug-likeness (QED) is 0.782. The molecule has 2 aromatic rings. The number of aliphatic hydroxyl groups is 1. The zero-order valence-electron chi connectivity index (χ0n) is 9.97. The molecule has 0 saturated heterocycles. The normalized spacial score (nSPS) is 21.2. The van der Waals surface area contributed by atoms with Crippen LogP contribution in [0.5, 0.6) is 0 Å². The molecule has 1 amide bonds. The lowest BCUT2D eigenvalue weighted by Gasteiger charge is -2.17. The van der Waals surface area contributed by atoms with Crippen LogP contribution in [0.3, 0.4) is 0 Å². The summed E-state index contributed by atoms with van der Waals surface area (Å²) in [5.74, 6) is -0.125. The molecule has 3 nitrogen and oxygen atoms in total. The first-order valence-electron chi connectivity index (χ1n) is 5.96. The van der Waals surface area contributed by atoms with Gasteiger partial charge in [-0.2, -0.15) is 0 Å². The Bertz CT molecular complexity index is 625. The van der Waals surface area contributed by atoms with E-state index in [4.69, 9.17) is 0 Å². The van der Waals surface area contributed by atoms with Crippen LogP contribution in [0.15, 0.2) is 35.7 Å². The lowest BCUT2D eigenvalue weighted by Crippen LogP contribution is -2.33. The molecular formula is C14H12INO2S. The summed E-state index contributed by atoms with van der Waals surface area (Å²) in [5.41, 5.74) is 2.79. The van der Waals surface area contributed by atoms with E-state index in [1.54, 1.807) is 11.3 Å². The second kappa shape index (κ2) is 5.22. The van der Waals surface area contributed by atoms with E-state index in [2.05, 4.69) is 27.9 Å². The molecule has 1 aromatic heterocycles. The maximum Gasteiger partial charge on any atom is 0.252 e. The highest BCUT2D eigenvalue weighted by Crippen LogP contribution is 2.31. The molecule has 0 radical (unpaired) electrons. The number of hydrogen-bond acceptors (Lipinski definition) is 3. The SMILES string of the molecule is O=C(NC1c2ccccc2CC1O)c1csc(I)c1. The molecule has 2 N–H and O–H groups in total. The van der Waals surface area contributed by atoms with Crippen LogP contribution in [0.4, 0.5) is 0 Å². The summed E-state index contributed by atoms with van der Waals surface area (Å²) < 4.78 is 1.08. The molecule has 0 fully saturated rings. The predicted molar refractivity (Wildman–Crippen MR) is 83.4 cm³/mol. The van der Waals surface area contributed by atoms with Crippen LogP contribution in [0.25, 0.3) is 0 Å². The molecule has 2 atom stereocenters. The van der Waals surface area contributed by atoms with E-state index in [9.17, 15) is 9.90 Å². The van der Waals surface area contributed by atoms with Gasteiger partial charge < -0.3 is 10.4 Å². The number of benzene rings is 1. The molecular weight excluding hydrogens is 373 g/mol. The summed E-state index contributed by atoms with van der Waals surface area (Å²) in [6.45, 7) is 0. The van der Waals surface area contributed by atoms with Crippen molar-refractivity contribution in [2.24, 2.45) is 0 Å². The van der Waals surface area contributed by atoms with Gasteiger partial charge in [-0.1, -0.05) is 24.3 Å². The number of aliphatic hydroxyl groups excluding tert-OH is 1. The zero-order valence-corrected chi connectivity index (χ0v) is 12.9. The minimum Gasteiger partial charge on any atom is -0.390 e. The minimum absolute atomic E-state index is 0.125. The Balaban J connectivity index is 1.82. The number of fused-ring (bicyclic) bond motifs is 1. The summed E-state index contributed by atoms with van der Waals surface area (Å²) in [5, 5.41) is 14.9. The molecule has 1 aliphatic carbocycles. The van der Waals surface area contributed by atoms with Crippen molar-refractivity contribution >= 4 is 39.8 Å². The number of hydrogen-bond donors (Lipinski definition) is 2. The summed E-state index contributed by atoms with van der Waals surface area (Å²) in [6, 6.07) is 9.40. The van der Waals surface area contributed by atoms with Gasteiger partial charge in [0.15, 0.2) is 0 Å². The smallest absolute Gasteiger partial charge is 0.252 e. The lowest BCUT2D eigenvalue weighted by atomic mass is 10.1. The number of carbonyl (C=O) groups is 1. The van der Waals surface area contributed by atoms with Crippen molar-refractivity contribution in [3.63, 3.8) is 0 Å². The first-order valence-corrected chi connectivity index (χ1v) is 7.92. The van der Waals surface area contributed by atoms with Crippen molar-refractivity contribution < 1.29 is 9.90 Å². The molecule has 3 rings (SSSR count). The van der Waals surface area contributed by atoms with Gasteiger partial charge in [-0.15, -0.1) is 11.3 Å². The molecule has 1 aromatic carbocycles. The van der Waals surface area contributed by atoms with Gasteiger partial charge in [-0.05, 0) is 39.8 Å². The summed E-state index contributed by atoms with van der Waals surface area (Å²) in [7, 11) is 0. The molecule has 5 heteroatoms. The highest BCUT2D eigenvalue weighted by atomic mass is 127. The maximum absolute atomic E-state index is 12.2. The molecule has 19 heavy (non-hydrogen) atoms. The number of amides is 1. The van der Waals surface area contributed by atoms with Gasteiger partial charge in [0.2, 0.25) is 0 Å². The van der Waals surface area contributed by atoms with E-state index < -0.39 is 6.10 Å². The largest absolute Gasteiger partial charge is 0.390 e. The first-order chi connectivity index (χ1) is 9.15. The Labute approximate surface area is 128 Å². The Morgan fingerprint density at radius 3 is 2.95 bits per heavy atom. The van der Waals surface area contributed by atoms with Crippen LogP contribution >= 0.6 is 33.9 Å². The number of carbonyl (C=O) groups excluding carboxylic acids is 1. The topological polar surface area (TPSA) is 49.3 Å². The number of rotatable bonds is 2. The number of thiophene rings is 1. The molecule has 0 bridgehead atoms. The Kier molecular flexibility index (Phi) is 3.60. The van der Waals surface area contributed by atoms with Gasteiger partial charge in [-0.25, -0.2) is 0 Å². The van der Waals surface area contributed by atoms with Gasteiger partial charge >= 0.3 is 0 Å². The molecule has 0 spiro atoms. The van der Waals surface area contributed by atoms with E-state index in [1.807, 2.05) is 35.7 Å². The minimum atomic E-state index is -0.543. The third-order valence-electron chi connectivity index (χ3n) is 3.32. The van der Waals surface area contributed by atoms with E-state index in [0.29, 0.717) is 12.0 Å². The lowest BCUT2D eigenvalue weighted by molar-refractivity contribution is 0.0858. The van der Waals surface area contributed by atoms with Gasteiger partial charge in [0.25, 0.3) is 5.91 Å². The Hall–Kier alpha value is -0.920. The molecule has 98 valence electrons. The average Bonchev–Trinajstić information content (AvgIpc) is 2.95. The van der Waals surface area contributed by atoms with Gasteiger partial charge in [0.05, 0.1) is 20.6 Å². The fourth-order valence-electron chi connectivity index (χ4n) is 2.40. The van der Waals surface area contributed by atoms with Crippen molar-refractivity contribution in [3.05, 3.63) is 55.3 Å². The van der Waals surface area contributed by atoms with Gasteiger partial charge in [0, 0.05) is 11.8 Å². The summed E-state index contributed by atoms with van der Waals surface area (Å²) in [4.78, 5) is 12.2. The van der Waals surface area contributed by atoms with Crippen LogP contribution in [-0.2, 0) is 6.42 Å². The fourth-order valence-corrected chi connectivity index (χ4v) is 3.73. The highest BCUT2D eigenvalue weighted by molar-refractivity contribution is 14.1. The molecule has 0 aliphatic heterocycles. The zero-order chi connectivity index (χ0) is 13.4. The van der Waals surface area contributed by atoms with Crippen LogP contribution in [0.2, 0.25) is 0 Å². The average molecular weight is 385 g/mol. The van der Waals surface area contributed by atoms with Gasteiger partial charge in [-0.3, -0.25) is 4.79 Å². The second-order valence-corrected chi connectivity index (χ2v) is 7.37. The molecule has 1 aliphatic rings. The Morgan fingerprint density at radius 1 is 1.42 bits per heavy atom. The predicted octanol–water partition coefficient (Wildman–Crippen LogP) is 2.74. The molecule has 0 saturated carbocycles. The fraction of sp³-hybridized carbons (Fsp3) is 0.214. The maximum atomic E-state index is 12.2. The van der Waals surface area contributed by atoms with Crippen molar-refractivity contribution in [1.82, 2.24) is 5.32 Å². The van der Waals surface area contributed by atoms with E-state index >= 15 is 0 Å². The highest BCUT2D eigenvalue weighted by Gasteiger charge is 2.32. The van der Waals surface area contributed by atoms with Crippen molar-refractivity contribution in [3.8, 4) is 0 Å². The van der Waals surface area contributed by atoms with Crippen LogP contribution < -0.4 is 5.32 Å². The summed E-state index contributed by atoms with van der Waals surface area (Å²) >= 11 is 3.73. The Morgan fingerprint density at radius 2 is 2.21 bits per heavy atom.